The van der Waals surface area contributed by atoms with Crippen molar-refractivity contribution in [3.05, 3.63) is 89.5 Å². The molecule has 0 spiro atoms. The fraction of sp³-hybridized carbons (Fsp3) is 0.182. The molecule has 0 N–H and O–H groups in total. The van der Waals surface area contributed by atoms with E-state index >= 15 is 0 Å². The maximum atomic E-state index is 13.4. The highest BCUT2D eigenvalue weighted by Gasteiger charge is 2.26. The van der Waals surface area contributed by atoms with Crippen LogP contribution >= 0.6 is 0 Å². The van der Waals surface area contributed by atoms with E-state index in [2.05, 4.69) is 0 Å². The van der Waals surface area contributed by atoms with Gasteiger partial charge in [0.25, 0.3) is 10.0 Å². The topological polar surface area (TPSA) is 46.6 Å². The largest absolute Gasteiger partial charge is 0.496 e. The zero-order valence-corrected chi connectivity index (χ0v) is 16.5. The van der Waals surface area contributed by atoms with Gasteiger partial charge in [-0.15, -0.1) is 0 Å². The molecule has 4 nitrogen and oxygen atoms in total. The molecule has 140 valence electrons. The lowest BCUT2D eigenvalue weighted by atomic mass is 10.2. The molecular weight excluding hydrogens is 358 g/mol. The van der Waals surface area contributed by atoms with Gasteiger partial charge in [0.1, 0.15) is 5.75 Å². The SMILES string of the molecule is COc1ccccc1CN(c1cccc(C)c1)S(=O)(=O)c1ccc(C)cc1. The molecule has 0 bridgehead atoms. The van der Waals surface area contributed by atoms with Gasteiger partial charge in [-0.2, -0.15) is 0 Å². The lowest BCUT2D eigenvalue weighted by Gasteiger charge is -2.26. The van der Waals surface area contributed by atoms with E-state index in [-0.39, 0.29) is 11.4 Å². The summed E-state index contributed by atoms with van der Waals surface area (Å²) in [6.07, 6.45) is 0. The molecule has 0 aliphatic rings. The van der Waals surface area contributed by atoms with Crippen LogP contribution in [-0.4, -0.2) is 15.5 Å². The van der Waals surface area contributed by atoms with Gasteiger partial charge in [0.15, 0.2) is 0 Å². The van der Waals surface area contributed by atoms with E-state index in [1.54, 1.807) is 19.2 Å². The molecule has 0 amide bonds. The highest BCUT2D eigenvalue weighted by Crippen LogP contribution is 2.29. The smallest absolute Gasteiger partial charge is 0.264 e. The Kier molecular flexibility index (Phi) is 5.51. The van der Waals surface area contributed by atoms with Gasteiger partial charge in [0.05, 0.1) is 24.2 Å². The molecule has 27 heavy (non-hydrogen) atoms. The zero-order valence-electron chi connectivity index (χ0n) is 15.7. The maximum Gasteiger partial charge on any atom is 0.264 e. The zero-order chi connectivity index (χ0) is 19.4. The van der Waals surface area contributed by atoms with E-state index in [1.807, 2.05) is 74.5 Å². The van der Waals surface area contributed by atoms with Crippen molar-refractivity contribution >= 4 is 15.7 Å². The maximum absolute atomic E-state index is 13.4. The van der Waals surface area contributed by atoms with Gasteiger partial charge < -0.3 is 4.74 Å². The average molecular weight is 381 g/mol. The number of rotatable bonds is 6. The van der Waals surface area contributed by atoms with Crippen molar-refractivity contribution in [2.24, 2.45) is 0 Å². The molecule has 3 rings (SSSR count). The molecule has 0 aliphatic heterocycles. The quantitative estimate of drug-likeness (QED) is 0.621. The van der Waals surface area contributed by atoms with Gasteiger partial charge in [0, 0.05) is 5.56 Å². The standard InChI is InChI=1S/C22H23NO3S/c1-17-11-13-21(14-12-17)27(24,25)23(20-9-6-7-18(2)15-20)16-19-8-4-5-10-22(19)26-3/h4-15H,16H2,1-3H3. The van der Waals surface area contributed by atoms with Crippen molar-refractivity contribution in [2.45, 2.75) is 25.3 Å². The number of benzene rings is 3. The summed E-state index contributed by atoms with van der Waals surface area (Å²) in [6, 6.07) is 21.9. The number of aryl methyl sites for hydroxylation is 2. The van der Waals surface area contributed by atoms with Crippen LogP contribution in [-0.2, 0) is 16.6 Å². The number of ether oxygens (including phenoxy) is 1. The summed E-state index contributed by atoms with van der Waals surface area (Å²) >= 11 is 0. The minimum absolute atomic E-state index is 0.184. The normalized spacial score (nSPS) is 11.2. The van der Waals surface area contributed by atoms with Gasteiger partial charge in [-0.1, -0.05) is 48.0 Å². The van der Waals surface area contributed by atoms with Gasteiger partial charge in [-0.05, 0) is 49.7 Å². The number of hydrogen-bond donors (Lipinski definition) is 0. The molecule has 3 aromatic rings. The van der Waals surface area contributed by atoms with Crippen molar-refractivity contribution in [1.29, 1.82) is 0 Å². The molecular formula is C22H23NO3S. The molecule has 0 heterocycles. The van der Waals surface area contributed by atoms with Crippen LogP contribution < -0.4 is 9.04 Å². The summed E-state index contributed by atoms with van der Waals surface area (Å²) in [4.78, 5) is 0.268. The van der Waals surface area contributed by atoms with Crippen LogP contribution in [0, 0.1) is 13.8 Å². The fourth-order valence-electron chi connectivity index (χ4n) is 2.92. The minimum Gasteiger partial charge on any atom is -0.496 e. The molecule has 5 heteroatoms. The van der Waals surface area contributed by atoms with Crippen LogP contribution in [0.15, 0.2) is 77.7 Å². The second kappa shape index (κ2) is 7.84. The summed E-state index contributed by atoms with van der Waals surface area (Å²) in [6.45, 7) is 4.07. The molecule has 0 aliphatic carbocycles. The first-order chi connectivity index (χ1) is 12.9. The van der Waals surface area contributed by atoms with E-state index in [0.29, 0.717) is 11.4 Å². The number of anilines is 1. The van der Waals surface area contributed by atoms with E-state index in [4.69, 9.17) is 4.74 Å². The number of sulfonamides is 1. The fourth-order valence-corrected chi connectivity index (χ4v) is 4.36. The molecule has 0 atom stereocenters. The molecule has 0 saturated carbocycles. The summed E-state index contributed by atoms with van der Waals surface area (Å²) in [5.41, 5.74) is 3.44. The first-order valence-electron chi connectivity index (χ1n) is 8.70. The Morgan fingerprint density at radius 2 is 1.56 bits per heavy atom. The monoisotopic (exact) mass is 381 g/mol. The second-order valence-corrected chi connectivity index (χ2v) is 8.34. The Labute approximate surface area is 161 Å². The highest BCUT2D eigenvalue weighted by molar-refractivity contribution is 7.92. The van der Waals surface area contributed by atoms with Crippen molar-refractivity contribution in [1.82, 2.24) is 0 Å². The molecule has 0 saturated heterocycles. The Morgan fingerprint density at radius 3 is 2.22 bits per heavy atom. The van der Waals surface area contributed by atoms with Gasteiger partial charge in [-0.25, -0.2) is 8.42 Å². The number of methoxy groups -OCH3 is 1. The van der Waals surface area contributed by atoms with Crippen LogP contribution in [0.25, 0.3) is 0 Å². The molecule has 0 radical (unpaired) electrons. The third-order valence-corrected chi connectivity index (χ3v) is 6.19. The van der Waals surface area contributed by atoms with Crippen LogP contribution in [0.3, 0.4) is 0 Å². The summed E-state index contributed by atoms with van der Waals surface area (Å²) < 4.78 is 33.7. The highest BCUT2D eigenvalue weighted by atomic mass is 32.2. The molecule has 0 fully saturated rings. The third kappa shape index (κ3) is 4.14. The van der Waals surface area contributed by atoms with E-state index in [1.165, 1.54) is 4.31 Å². The Hall–Kier alpha value is -2.79. The predicted octanol–water partition coefficient (Wildman–Crippen LogP) is 4.71. The Morgan fingerprint density at radius 1 is 0.852 bits per heavy atom. The van der Waals surface area contributed by atoms with Crippen LogP contribution in [0.2, 0.25) is 0 Å². The second-order valence-electron chi connectivity index (χ2n) is 6.48. The van der Waals surface area contributed by atoms with Crippen molar-refractivity contribution in [3.8, 4) is 5.75 Å². The third-order valence-electron chi connectivity index (χ3n) is 4.41. The first-order valence-corrected chi connectivity index (χ1v) is 10.1. The first kappa shape index (κ1) is 19.0. The van der Waals surface area contributed by atoms with Crippen LogP contribution in [0.1, 0.15) is 16.7 Å². The van der Waals surface area contributed by atoms with Crippen LogP contribution in [0.5, 0.6) is 5.75 Å². The van der Waals surface area contributed by atoms with Crippen molar-refractivity contribution < 1.29 is 13.2 Å². The average Bonchev–Trinajstić information content (AvgIpc) is 2.66. The summed E-state index contributed by atoms with van der Waals surface area (Å²) in [5.74, 6) is 0.661. The predicted molar refractivity (Wildman–Crippen MR) is 109 cm³/mol. The van der Waals surface area contributed by atoms with E-state index < -0.39 is 10.0 Å². The Bertz CT molecular complexity index is 1030. The molecule has 3 aromatic carbocycles. The molecule has 0 unspecified atom stereocenters. The number of nitrogens with zero attached hydrogens (tertiary/aromatic N) is 1. The lowest BCUT2D eigenvalue weighted by Crippen LogP contribution is -2.30. The summed E-state index contributed by atoms with van der Waals surface area (Å²) in [5, 5.41) is 0. The van der Waals surface area contributed by atoms with Crippen LogP contribution in [0.4, 0.5) is 5.69 Å². The van der Waals surface area contributed by atoms with Crippen molar-refractivity contribution in [2.75, 3.05) is 11.4 Å². The van der Waals surface area contributed by atoms with Crippen molar-refractivity contribution in [3.63, 3.8) is 0 Å². The number of para-hydroxylation sites is 1. The number of hydrogen-bond acceptors (Lipinski definition) is 3. The lowest BCUT2D eigenvalue weighted by molar-refractivity contribution is 0.410. The molecule has 0 aromatic heterocycles. The Balaban J connectivity index is 2.11. The van der Waals surface area contributed by atoms with Gasteiger partial charge >= 0.3 is 0 Å². The minimum atomic E-state index is -3.73. The summed E-state index contributed by atoms with van der Waals surface area (Å²) in [7, 11) is -2.15. The van der Waals surface area contributed by atoms with Gasteiger partial charge in [-0.3, -0.25) is 4.31 Å². The van der Waals surface area contributed by atoms with E-state index in [0.717, 1.165) is 16.7 Å². The van der Waals surface area contributed by atoms with E-state index in [9.17, 15) is 8.42 Å². The van der Waals surface area contributed by atoms with Gasteiger partial charge in [0.2, 0.25) is 0 Å².